The largest absolute Gasteiger partial charge is 0.474 e. The predicted molar refractivity (Wildman–Crippen MR) is 125 cm³/mol. The summed E-state index contributed by atoms with van der Waals surface area (Å²) >= 11 is 6.64. The molecule has 0 aromatic heterocycles. The van der Waals surface area contributed by atoms with Gasteiger partial charge in [0.15, 0.2) is 0 Å². The van der Waals surface area contributed by atoms with Gasteiger partial charge in [0.1, 0.15) is 11.9 Å². The molecule has 0 aliphatic carbocycles. The zero-order valence-electron chi connectivity index (χ0n) is 17.7. The van der Waals surface area contributed by atoms with Gasteiger partial charge in [0.2, 0.25) is 5.91 Å². The number of halogens is 1. The first-order valence-corrected chi connectivity index (χ1v) is 12.0. The van der Waals surface area contributed by atoms with Crippen LogP contribution in [0.15, 0.2) is 18.2 Å². The van der Waals surface area contributed by atoms with E-state index < -0.39 is 18.0 Å². The van der Waals surface area contributed by atoms with Gasteiger partial charge in [0, 0.05) is 37.8 Å². The van der Waals surface area contributed by atoms with E-state index in [1.807, 2.05) is 9.80 Å². The third kappa shape index (κ3) is 5.02. The molecule has 2 N–H and O–H groups in total. The standard InChI is InChI=1S/C20H26FN5O4S2/c1-29-19(31)22-9-14-10-26(20(28)30-14)13-2-3-17(15(21)8-13)24-4-6-25(7-5-24)18(27)16-11-32-12-23-16/h2-3,8,14,16,23H,4-7,9-12H2,1H3,(H,22,31)/t14?,16-/m0/s1. The predicted octanol–water partition coefficient (Wildman–Crippen LogP) is 0.983. The summed E-state index contributed by atoms with van der Waals surface area (Å²) in [5.74, 6) is 1.31. The van der Waals surface area contributed by atoms with Crippen molar-refractivity contribution in [3.8, 4) is 0 Å². The lowest BCUT2D eigenvalue weighted by molar-refractivity contribution is -0.132. The van der Waals surface area contributed by atoms with Crippen LogP contribution in [-0.4, -0.2) is 92.2 Å². The summed E-state index contributed by atoms with van der Waals surface area (Å²) in [7, 11) is 1.45. The van der Waals surface area contributed by atoms with E-state index in [-0.39, 0.29) is 23.7 Å². The molecule has 1 aromatic rings. The molecule has 0 bridgehead atoms. The fraction of sp³-hybridized carbons (Fsp3) is 0.550. The molecule has 3 aliphatic rings. The Morgan fingerprint density at radius 1 is 1.38 bits per heavy atom. The van der Waals surface area contributed by atoms with E-state index in [0.717, 1.165) is 11.6 Å². The maximum absolute atomic E-state index is 15.0. The molecule has 2 amide bonds. The Kier molecular flexibility index (Phi) is 7.21. The fourth-order valence-electron chi connectivity index (χ4n) is 3.97. The molecule has 3 saturated heterocycles. The Hall–Kier alpha value is -2.31. The van der Waals surface area contributed by atoms with Crippen LogP contribution >= 0.6 is 24.0 Å². The molecule has 0 saturated carbocycles. The maximum Gasteiger partial charge on any atom is 0.414 e. The Morgan fingerprint density at radius 3 is 2.81 bits per heavy atom. The Balaban J connectivity index is 1.34. The van der Waals surface area contributed by atoms with E-state index in [9.17, 15) is 14.0 Å². The SMILES string of the molecule is COC(=S)NCC1CN(c2ccc(N3CCN(C(=O)[C@@H]4CSCN4)CC3)c(F)c2)C(=O)O1. The maximum atomic E-state index is 15.0. The number of methoxy groups -OCH3 is 1. The molecule has 1 unspecified atom stereocenters. The number of carbonyl (C=O) groups is 2. The van der Waals surface area contributed by atoms with Crippen LogP contribution in [0.3, 0.4) is 0 Å². The monoisotopic (exact) mass is 483 g/mol. The van der Waals surface area contributed by atoms with Gasteiger partial charge in [-0.05, 0) is 30.4 Å². The number of hydrogen-bond donors (Lipinski definition) is 2. The summed E-state index contributed by atoms with van der Waals surface area (Å²) in [6.45, 7) is 2.82. The van der Waals surface area contributed by atoms with Crippen molar-refractivity contribution < 1.29 is 23.5 Å². The number of thioether (sulfide) groups is 1. The molecule has 3 fully saturated rings. The molecule has 0 spiro atoms. The van der Waals surface area contributed by atoms with E-state index in [2.05, 4.69) is 10.6 Å². The van der Waals surface area contributed by atoms with Crippen LogP contribution in [-0.2, 0) is 14.3 Å². The van der Waals surface area contributed by atoms with E-state index in [0.29, 0.717) is 44.1 Å². The van der Waals surface area contributed by atoms with Crippen LogP contribution in [0.4, 0.5) is 20.6 Å². The fourth-order valence-corrected chi connectivity index (χ4v) is 4.99. The highest BCUT2D eigenvalue weighted by atomic mass is 32.2. The molecule has 12 heteroatoms. The topological polar surface area (TPSA) is 86.4 Å². The molecule has 2 atom stereocenters. The first-order valence-electron chi connectivity index (χ1n) is 10.4. The van der Waals surface area contributed by atoms with Crippen molar-refractivity contribution >= 4 is 52.5 Å². The minimum Gasteiger partial charge on any atom is -0.474 e. The number of amides is 2. The molecule has 9 nitrogen and oxygen atoms in total. The average molecular weight is 484 g/mol. The van der Waals surface area contributed by atoms with Gasteiger partial charge in [-0.15, -0.1) is 11.8 Å². The molecule has 32 heavy (non-hydrogen) atoms. The Bertz CT molecular complexity index is 878. The minimum absolute atomic E-state index is 0.119. The number of anilines is 2. The molecule has 3 aliphatic heterocycles. The van der Waals surface area contributed by atoms with Crippen molar-refractivity contribution in [2.75, 3.05) is 67.8 Å². The minimum atomic E-state index is -0.530. The van der Waals surface area contributed by atoms with Crippen LogP contribution in [0.1, 0.15) is 0 Å². The van der Waals surface area contributed by atoms with Gasteiger partial charge in [0.05, 0.1) is 37.6 Å². The smallest absolute Gasteiger partial charge is 0.414 e. The van der Waals surface area contributed by atoms with Crippen molar-refractivity contribution in [1.82, 2.24) is 15.5 Å². The Labute approximate surface area is 195 Å². The highest BCUT2D eigenvalue weighted by molar-refractivity contribution is 7.99. The Morgan fingerprint density at radius 2 is 2.16 bits per heavy atom. The van der Waals surface area contributed by atoms with Gasteiger partial charge in [-0.2, -0.15) is 0 Å². The number of carbonyl (C=O) groups excluding carboxylic acids is 2. The highest BCUT2D eigenvalue weighted by Crippen LogP contribution is 2.28. The lowest BCUT2D eigenvalue weighted by Crippen LogP contribution is -2.53. The van der Waals surface area contributed by atoms with Gasteiger partial charge in [0.25, 0.3) is 5.17 Å². The van der Waals surface area contributed by atoms with E-state index in [1.165, 1.54) is 18.1 Å². The quantitative estimate of drug-likeness (QED) is 0.596. The van der Waals surface area contributed by atoms with Gasteiger partial charge in [-0.3, -0.25) is 15.0 Å². The first kappa shape index (κ1) is 22.9. The third-order valence-electron chi connectivity index (χ3n) is 5.72. The van der Waals surface area contributed by atoms with Crippen LogP contribution in [0, 0.1) is 5.82 Å². The van der Waals surface area contributed by atoms with E-state index in [1.54, 1.807) is 23.9 Å². The van der Waals surface area contributed by atoms with Crippen molar-refractivity contribution in [2.45, 2.75) is 12.1 Å². The normalized spacial score (nSPS) is 23.3. The molecule has 3 heterocycles. The second kappa shape index (κ2) is 10.1. The number of ether oxygens (including phenoxy) is 2. The van der Waals surface area contributed by atoms with Gasteiger partial charge < -0.3 is 24.6 Å². The molecular weight excluding hydrogens is 457 g/mol. The zero-order valence-corrected chi connectivity index (χ0v) is 19.3. The number of benzene rings is 1. The molecule has 0 radical (unpaired) electrons. The first-order chi connectivity index (χ1) is 15.5. The summed E-state index contributed by atoms with van der Waals surface area (Å²) in [4.78, 5) is 30.0. The molecule has 4 rings (SSSR count). The summed E-state index contributed by atoms with van der Waals surface area (Å²) in [5, 5.41) is 6.27. The highest BCUT2D eigenvalue weighted by Gasteiger charge is 2.34. The number of hydrogen-bond acceptors (Lipinski definition) is 8. The lowest BCUT2D eigenvalue weighted by atomic mass is 10.2. The molecule has 174 valence electrons. The average Bonchev–Trinajstić information content (AvgIpc) is 3.47. The van der Waals surface area contributed by atoms with E-state index >= 15 is 0 Å². The summed E-state index contributed by atoms with van der Waals surface area (Å²) in [6, 6.07) is 4.62. The van der Waals surface area contributed by atoms with Crippen molar-refractivity contribution in [3.05, 3.63) is 24.0 Å². The molecular formula is C20H26FN5O4S2. The van der Waals surface area contributed by atoms with E-state index in [4.69, 9.17) is 21.7 Å². The number of cyclic esters (lactones) is 1. The van der Waals surface area contributed by atoms with Crippen molar-refractivity contribution in [2.24, 2.45) is 0 Å². The number of rotatable bonds is 5. The number of thiocarbonyl (C=S) groups is 1. The summed E-state index contributed by atoms with van der Waals surface area (Å²) in [6.07, 6.45) is -0.949. The second-order valence-electron chi connectivity index (χ2n) is 7.71. The summed E-state index contributed by atoms with van der Waals surface area (Å²) < 4.78 is 25.1. The second-order valence-corrected chi connectivity index (χ2v) is 9.11. The number of piperazine rings is 1. The van der Waals surface area contributed by atoms with Crippen molar-refractivity contribution in [1.29, 1.82) is 0 Å². The van der Waals surface area contributed by atoms with Gasteiger partial charge in [-0.25, -0.2) is 9.18 Å². The van der Waals surface area contributed by atoms with Crippen LogP contribution < -0.4 is 20.4 Å². The van der Waals surface area contributed by atoms with Crippen LogP contribution in [0.2, 0.25) is 0 Å². The zero-order chi connectivity index (χ0) is 22.7. The molecule has 1 aromatic carbocycles. The summed E-state index contributed by atoms with van der Waals surface area (Å²) in [5.41, 5.74) is 0.901. The third-order valence-corrected chi connectivity index (χ3v) is 6.97. The van der Waals surface area contributed by atoms with Crippen LogP contribution in [0.5, 0.6) is 0 Å². The number of nitrogens with zero attached hydrogens (tertiary/aromatic N) is 3. The van der Waals surface area contributed by atoms with Crippen molar-refractivity contribution in [3.63, 3.8) is 0 Å². The van der Waals surface area contributed by atoms with Gasteiger partial charge in [-0.1, -0.05) is 0 Å². The lowest BCUT2D eigenvalue weighted by Gasteiger charge is -2.37. The van der Waals surface area contributed by atoms with Gasteiger partial charge >= 0.3 is 6.09 Å². The number of nitrogens with one attached hydrogen (secondary N) is 2. The van der Waals surface area contributed by atoms with Crippen LogP contribution in [0.25, 0.3) is 0 Å².